The summed E-state index contributed by atoms with van der Waals surface area (Å²) in [5.74, 6) is -1.99. The highest BCUT2D eigenvalue weighted by atomic mass is 32.2. The molecule has 2 rings (SSSR count). The molecule has 0 aromatic heterocycles. The van der Waals surface area contributed by atoms with Crippen molar-refractivity contribution in [3.8, 4) is 0 Å². The van der Waals surface area contributed by atoms with Gasteiger partial charge in [0.05, 0.1) is 16.4 Å². The number of carbonyl (C=O) groups is 3. The van der Waals surface area contributed by atoms with Crippen LogP contribution in [0.1, 0.15) is 65.5 Å². The molecular formula is C33H49N7O6S. The van der Waals surface area contributed by atoms with E-state index in [1.807, 2.05) is 37.3 Å². The normalized spacial score (nSPS) is 14.3. The molecule has 0 saturated heterocycles. The largest absolute Gasteiger partial charge is 0.369 e. The second-order valence-electron chi connectivity index (χ2n) is 13.4. The summed E-state index contributed by atoms with van der Waals surface area (Å²) >= 11 is 0. The Hall–Kier alpha value is -4.30. The highest BCUT2D eigenvalue weighted by Crippen LogP contribution is 2.21. The fraction of sp³-hybridized carbons (Fsp3) is 0.485. The lowest BCUT2D eigenvalue weighted by molar-refractivity contribution is -0.164. The maximum absolute atomic E-state index is 13.6. The molecular weight excluding hydrogens is 622 g/mol. The summed E-state index contributed by atoms with van der Waals surface area (Å²) in [6, 6.07) is 13.0. The third-order valence-corrected chi connectivity index (χ3v) is 8.34. The van der Waals surface area contributed by atoms with Crippen LogP contribution in [-0.2, 0) is 35.7 Å². The van der Waals surface area contributed by atoms with Crippen LogP contribution in [0.4, 0.5) is 0 Å². The Balaban J connectivity index is 2.14. The number of hydrogen-bond donors (Lipinski definition) is 6. The maximum Gasteiger partial charge on any atom is 0.330 e. The average molecular weight is 672 g/mol. The van der Waals surface area contributed by atoms with Crippen molar-refractivity contribution >= 4 is 40.0 Å². The zero-order chi connectivity index (χ0) is 35.4. The number of amides is 2. The van der Waals surface area contributed by atoms with E-state index < -0.39 is 56.8 Å². The molecule has 3 atom stereocenters. The minimum Gasteiger partial charge on any atom is -0.369 e. The summed E-state index contributed by atoms with van der Waals surface area (Å²) in [7, 11) is -3.93. The van der Waals surface area contributed by atoms with Gasteiger partial charge in [-0.1, -0.05) is 68.8 Å². The van der Waals surface area contributed by atoms with Gasteiger partial charge in [-0.2, -0.15) is 0 Å². The van der Waals surface area contributed by atoms with Gasteiger partial charge in [0.2, 0.25) is 17.8 Å². The first-order chi connectivity index (χ1) is 21.8. The van der Waals surface area contributed by atoms with Gasteiger partial charge in [-0.15, -0.1) is 5.48 Å². The quantitative estimate of drug-likeness (QED) is 0.0717. The Kier molecular flexibility index (Phi) is 14.1. The van der Waals surface area contributed by atoms with Crippen molar-refractivity contribution < 1.29 is 27.6 Å². The molecule has 0 fully saturated rings. The van der Waals surface area contributed by atoms with Crippen LogP contribution in [0.15, 0.2) is 64.5 Å². The summed E-state index contributed by atoms with van der Waals surface area (Å²) in [5.41, 5.74) is 8.64. The third-order valence-electron chi connectivity index (χ3n) is 6.97. The molecule has 13 nitrogen and oxygen atoms in total. The number of nitrogens with two attached hydrogens (primary N) is 1. The molecule has 0 saturated carbocycles. The van der Waals surface area contributed by atoms with Crippen LogP contribution < -0.4 is 26.6 Å². The molecule has 0 aliphatic rings. The molecule has 2 aromatic rings. The van der Waals surface area contributed by atoms with Crippen LogP contribution >= 0.6 is 0 Å². The topological polar surface area (TPSA) is 205 Å². The standard InChI is InChI=1S/C33H49N7O6S/c1-22-15-17-25(18-16-22)47(44,45)40-31(35)36-19-11-14-26(39-46-30(43)33(5,6)7)28(41)38-27(32(2,3)4)29(42)37-24(21-34)20-23-12-9-8-10-13-23/h8-10,12-13,15-18,21,24,26-27,34,39H,11,14,19-20H2,1-7H3,(H,37,42)(H,38,41)(H3,35,36,40)/t24?,26-,27+/m0/s1. The van der Waals surface area contributed by atoms with Gasteiger partial charge < -0.3 is 26.6 Å². The summed E-state index contributed by atoms with van der Waals surface area (Å²) in [4.78, 5) is 48.8. The molecule has 1 unspecified atom stereocenters. The molecule has 0 heterocycles. The third kappa shape index (κ3) is 13.1. The van der Waals surface area contributed by atoms with Crippen LogP contribution in [-0.4, -0.2) is 63.0 Å². The van der Waals surface area contributed by atoms with E-state index in [0.29, 0.717) is 6.42 Å². The monoisotopic (exact) mass is 671 g/mol. The second-order valence-corrected chi connectivity index (χ2v) is 15.1. The van der Waals surface area contributed by atoms with Gasteiger partial charge in [0.1, 0.15) is 12.1 Å². The van der Waals surface area contributed by atoms with Crippen molar-refractivity contribution in [1.29, 1.82) is 5.41 Å². The van der Waals surface area contributed by atoms with Crippen molar-refractivity contribution in [3.05, 3.63) is 65.7 Å². The summed E-state index contributed by atoms with van der Waals surface area (Å²) in [6.07, 6.45) is 1.89. The number of benzene rings is 2. The number of aliphatic imine (C=N–C) groups is 1. The van der Waals surface area contributed by atoms with E-state index in [9.17, 15) is 22.8 Å². The number of rotatable bonds is 15. The molecule has 0 aliphatic heterocycles. The van der Waals surface area contributed by atoms with Crippen LogP contribution in [0.3, 0.4) is 0 Å². The number of nitrogens with zero attached hydrogens (tertiary/aromatic N) is 1. The SMILES string of the molecule is Cc1ccc(S(=O)(=O)NC(N)=NCCC[C@H](NOC(=O)C(C)(C)C)C(=O)N[C@H](C(=O)NC(C=N)Cc2ccccc2)C(C)(C)C)cc1. The van der Waals surface area contributed by atoms with Crippen LogP contribution in [0, 0.1) is 23.2 Å². The molecule has 2 aromatic carbocycles. The zero-order valence-electron chi connectivity index (χ0n) is 28.2. The molecule has 0 radical (unpaired) electrons. The molecule has 258 valence electrons. The van der Waals surface area contributed by atoms with E-state index in [-0.39, 0.29) is 30.2 Å². The predicted octanol–water partition coefficient (Wildman–Crippen LogP) is 2.74. The fourth-order valence-electron chi connectivity index (χ4n) is 4.17. The van der Waals surface area contributed by atoms with Crippen molar-refractivity contribution in [2.24, 2.45) is 21.6 Å². The van der Waals surface area contributed by atoms with Gasteiger partial charge >= 0.3 is 5.97 Å². The number of aryl methyl sites for hydroxylation is 1. The van der Waals surface area contributed by atoms with Gasteiger partial charge in [-0.3, -0.25) is 14.6 Å². The Bertz CT molecular complexity index is 1500. The summed E-state index contributed by atoms with van der Waals surface area (Å²) < 4.78 is 27.4. The molecule has 47 heavy (non-hydrogen) atoms. The Morgan fingerprint density at radius 1 is 0.957 bits per heavy atom. The van der Waals surface area contributed by atoms with Crippen LogP contribution in [0.25, 0.3) is 0 Å². The lowest BCUT2D eigenvalue weighted by Gasteiger charge is -2.32. The van der Waals surface area contributed by atoms with E-state index in [0.717, 1.165) is 17.3 Å². The molecule has 0 spiro atoms. The average Bonchev–Trinajstić information content (AvgIpc) is 2.98. The van der Waals surface area contributed by atoms with Gasteiger partial charge in [0.15, 0.2) is 0 Å². The molecule has 0 bridgehead atoms. The lowest BCUT2D eigenvalue weighted by atomic mass is 9.85. The molecule has 14 heteroatoms. The van der Waals surface area contributed by atoms with Gasteiger partial charge in [-0.05, 0) is 70.1 Å². The Morgan fingerprint density at radius 3 is 2.13 bits per heavy atom. The number of carbonyl (C=O) groups excluding carboxylic acids is 3. The number of guanidine groups is 1. The highest BCUT2D eigenvalue weighted by molar-refractivity contribution is 7.90. The van der Waals surface area contributed by atoms with Crippen LogP contribution in [0.5, 0.6) is 0 Å². The zero-order valence-corrected chi connectivity index (χ0v) is 29.0. The van der Waals surface area contributed by atoms with Crippen molar-refractivity contribution in [2.75, 3.05) is 6.54 Å². The lowest BCUT2D eigenvalue weighted by Crippen LogP contribution is -2.59. The highest BCUT2D eigenvalue weighted by Gasteiger charge is 2.36. The summed E-state index contributed by atoms with van der Waals surface area (Å²) in [6.45, 7) is 12.3. The predicted molar refractivity (Wildman–Crippen MR) is 182 cm³/mol. The van der Waals surface area contributed by atoms with Gasteiger partial charge in [0, 0.05) is 12.8 Å². The van der Waals surface area contributed by atoms with E-state index in [2.05, 4.69) is 25.8 Å². The van der Waals surface area contributed by atoms with Crippen molar-refractivity contribution in [1.82, 2.24) is 20.8 Å². The molecule has 7 N–H and O–H groups in total. The Morgan fingerprint density at radius 2 is 1.57 bits per heavy atom. The Labute approximate surface area is 278 Å². The fourth-order valence-corrected chi connectivity index (χ4v) is 5.12. The van der Waals surface area contributed by atoms with E-state index >= 15 is 0 Å². The summed E-state index contributed by atoms with van der Waals surface area (Å²) in [5, 5.41) is 13.5. The number of hydrogen-bond acceptors (Lipinski definition) is 9. The van der Waals surface area contributed by atoms with Crippen molar-refractivity contribution in [2.45, 2.75) is 90.7 Å². The first-order valence-corrected chi connectivity index (χ1v) is 16.8. The second kappa shape index (κ2) is 17.0. The molecule has 0 aliphatic carbocycles. The minimum atomic E-state index is -3.93. The van der Waals surface area contributed by atoms with E-state index in [4.69, 9.17) is 16.0 Å². The first kappa shape index (κ1) is 38.9. The number of nitrogens with one attached hydrogen (secondary N) is 5. The smallest absolute Gasteiger partial charge is 0.330 e. The van der Waals surface area contributed by atoms with Crippen LogP contribution in [0.2, 0.25) is 0 Å². The number of sulfonamides is 1. The van der Waals surface area contributed by atoms with Crippen molar-refractivity contribution in [3.63, 3.8) is 0 Å². The van der Waals surface area contributed by atoms with Gasteiger partial charge in [0.25, 0.3) is 10.0 Å². The minimum absolute atomic E-state index is 0.0345. The maximum atomic E-state index is 13.6. The van der Waals surface area contributed by atoms with E-state index in [1.165, 1.54) is 12.1 Å². The van der Waals surface area contributed by atoms with Gasteiger partial charge in [-0.25, -0.2) is 17.9 Å². The number of hydroxylamine groups is 1. The molecule has 2 amide bonds. The van der Waals surface area contributed by atoms with E-state index in [1.54, 1.807) is 53.7 Å². The first-order valence-electron chi connectivity index (χ1n) is 15.3.